The molecule has 2 amide bonds. The molecule has 0 saturated carbocycles. The second kappa shape index (κ2) is 9.84. The first-order chi connectivity index (χ1) is 13.2. The number of benzene rings is 2. The van der Waals surface area contributed by atoms with Crippen LogP contribution in [0.4, 0.5) is 5.13 Å². The number of anilines is 1. The van der Waals surface area contributed by atoms with Gasteiger partial charge in [-0.2, -0.15) is 0 Å². The van der Waals surface area contributed by atoms with Gasteiger partial charge in [0, 0.05) is 23.4 Å². The standard InChI is InChI=1S/C19H18N4O2S2/c24-16(11-12-20-18(25)14-7-3-1-4-8-14)21-19-23-22-17(27-19)13-26-15-9-5-2-6-10-15/h1-10H,11-13H2,(H,20,25)(H,21,23,24). The maximum absolute atomic E-state index is 12.0. The van der Waals surface area contributed by atoms with Crippen LogP contribution in [0.2, 0.25) is 0 Å². The molecule has 3 aromatic rings. The van der Waals surface area contributed by atoms with Crippen LogP contribution in [0.25, 0.3) is 0 Å². The van der Waals surface area contributed by atoms with Crippen molar-refractivity contribution in [3.05, 3.63) is 71.2 Å². The molecule has 0 unspecified atom stereocenters. The van der Waals surface area contributed by atoms with E-state index in [-0.39, 0.29) is 24.8 Å². The monoisotopic (exact) mass is 398 g/mol. The molecular weight excluding hydrogens is 380 g/mol. The van der Waals surface area contributed by atoms with E-state index in [4.69, 9.17) is 0 Å². The van der Waals surface area contributed by atoms with Crippen LogP contribution < -0.4 is 10.6 Å². The molecular formula is C19H18N4O2S2. The molecule has 0 bridgehead atoms. The smallest absolute Gasteiger partial charge is 0.251 e. The van der Waals surface area contributed by atoms with E-state index in [0.29, 0.717) is 16.4 Å². The fourth-order valence-corrected chi connectivity index (χ4v) is 3.85. The fraction of sp³-hybridized carbons (Fsp3) is 0.158. The maximum Gasteiger partial charge on any atom is 0.251 e. The Bertz CT molecular complexity index is 885. The Balaban J connectivity index is 1.39. The Labute approximate surface area is 165 Å². The number of nitrogens with one attached hydrogen (secondary N) is 2. The Morgan fingerprint density at radius 3 is 2.41 bits per heavy atom. The number of nitrogens with zero attached hydrogens (tertiary/aromatic N) is 2. The van der Waals surface area contributed by atoms with E-state index >= 15 is 0 Å². The maximum atomic E-state index is 12.0. The predicted octanol–water partition coefficient (Wildman–Crippen LogP) is 3.59. The van der Waals surface area contributed by atoms with Crippen molar-refractivity contribution in [1.82, 2.24) is 15.5 Å². The molecule has 0 saturated heterocycles. The topological polar surface area (TPSA) is 84.0 Å². The molecule has 138 valence electrons. The molecule has 6 nitrogen and oxygen atoms in total. The van der Waals surface area contributed by atoms with E-state index < -0.39 is 0 Å². The van der Waals surface area contributed by atoms with Gasteiger partial charge in [-0.1, -0.05) is 47.7 Å². The SMILES string of the molecule is O=C(CCNC(=O)c1ccccc1)Nc1nnc(CSc2ccccc2)s1. The predicted molar refractivity (Wildman–Crippen MR) is 108 cm³/mol. The van der Waals surface area contributed by atoms with Crippen LogP contribution in [-0.2, 0) is 10.5 Å². The second-order valence-corrected chi connectivity index (χ2v) is 7.63. The molecule has 2 N–H and O–H groups in total. The Morgan fingerprint density at radius 1 is 0.963 bits per heavy atom. The van der Waals surface area contributed by atoms with Gasteiger partial charge in [-0.15, -0.1) is 22.0 Å². The van der Waals surface area contributed by atoms with Gasteiger partial charge in [0.25, 0.3) is 5.91 Å². The van der Waals surface area contributed by atoms with Gasteiger partial charge >= 0.3 is 0 Å². The molecule has 1 heterocycles. The minimum absolute atomic E-state index is 0.173. The van der Waals surface area contributed by atoms with Crippen molar-refractivity contribution in [3.8, 4) is 0 Å². The second-order valence-electron chi connectivity index (χ2n) is 5.52. The summed E-state index contributed by atoms with van der Waals surface area (Å²) in [4.78, 5) is 25.1. The molecule has 1 aromatic heterocycles. The average Bonchev–Trinajstić information content (AvgIpc) is 3.15. The highest BCUT2D eigenvalue weighted by atomic mass is 32.2. The normalized spacial score (nSPS) is 10.4. The van der Waals surface area contributed by atoms with Crippen molar-refractivity contribution in [3.63, 3.8) is 0 Å². The molecule has 0 aliphatic carbocycles. The minimum Gasteiger partial charge on any atom is -0.352 e. The van der Waals surface area contributed by atoms with Gasteiger partial charge in [-0.3, -0.25) is 9.59 Å². The molecule has 0 radical (unpaired) electrons. The lowest BCUT2D eigenvalue weighted by molar-refractivity contribution is -0.116. The van der Waals surface area contributed by atoms with Crippen molar-refractivity contribution in [2.45, 2.75) is 17.1 Å². The molecule has 8 heteroatoms. The zero-order valence-electron chi connectivity index (χ0n) is 14.4. The summed E-state index contributed by atoms with van der Waals surface area (Å²) >= 11 is 3.02. The van der Waals surface area contributed by atoms with E-state index in [0.717, 1.165) is 9.90 Å². The number of hydrogen-bond donors (Lipinski definition) is 2. The van der Waals surface area contributed by atoms with Crippen molar-refractivity contribution < 1.29 is 9.59 Å². The number of hydrogen-bond acceptors (Lipinski definition) is 6. The fourth-order valence-electron chi connectivity index (χ4n) is 2.19. The van der Waals surface area contributed by atoms with Gasteiger partial charge < -0.3 is 10.6 Å². The summed E-state index contributed by atoms with van der Waals surface area (Å²) in [5.74, 6) is 0.298. The first-order valence-electron chi connectivity index (χ1n) is 8.34. The van der Waals surface area contributed by atoms with Crippen LogP contribution in [-0.4, -0.2) is 28.6 Å². The van der Waals surface area contributed by atoms with Crippen molar-refractivity contribution in [2.24, 2.45) is 0 Å². The number of carbonyl (C=O) groups excluding carboxylic acids is 2. The lowest BCUT2D eigenvalue weighted by Crippen LogP contribution is -2.27. The molecule has 2 aromatic carbocycles. The van der Waals surface area contributed by atoms with Crippen LogP contribution >= 0.6 is 23.1 Å². The first kappa shape index (κ1) is 19.1. The van der Waals surface area contributed by atoms with Crippen LogP contribution in [0.5, 0.6) is 0 Å². The molecule has 0 aliphatic heterocycles. The largest absolute Gasteiger partial charge is 0.352 e. The summed E-state index contributed by atoms with van der Waals surface area (Å²) in [5.41, 5.74) is 0.572. The quantitative estimate of drug-likeness (QED) is 0.567. The molecule has 0 aliphatic rings. The van der Waals surface area contributed by atoms with E-state index in [1.165, 1.54) is 11.3 Å². The van der Waals surface area contributed by atoms with Crippen LogP contribution in [0.1, 0.15) is 21.8 Å². The van der Waals surface area contributed by atoms with Gasteiger partial charge in [0.05, 0.1) is 5.75 Å². The summed E-state index contributed by atoms with van der Waals surface area (Å²) in [6.07, 6.45) is 0.173. The van der Waals surface area contributed by atoms with Crippen molar-refractivity contribution >= 4 is 40.0 Å². The lowest BCUT2D eigenvalue weighted by atomic mass is 10.2. The highest BCUT2D eigenvalue weighted by Crippen LogP contribution is 2.25. The van der Waals surface area contributed by atoms with E-state index in [1.807, 2.05) is 36.4 Å². The van der Waals surface area contributed by atoms with E-state index in [9.17, 15) is 9.59 Å². The highest BCUT2D eigenvalue weighted by molar-refractivity contribution is 7.98. The minimum atomic E-state index is -0.207. The van der Waals surface area contributed by atoms with E-state index in [2.05, 4.69) is 20.8 Å². The van der Waals surface area contributed by atoms with Gasteiger partial charge in [0.15, 0.2) is 0 Å². The Hall–Kier alpha value is -2.71. The number of aromatic nitrogens is 2. The summed E-state index contributed by atoms with van der Waals surface area (Å²) in [7, 11) is 0. The molecule has 3 rings (SSSR count). The summed E-state index contributed by atoms with van der Waals surface area (Å²) < 4.78 is 0. The average molecular weight is 399 g/mol. The Kier molecular flexibility index (Phi) is 6.95. The third-order valence-corrected chi connectivity index (χ3v) is 5.54. The molecule has 0 atom stereocenters. The number of amides is 2. The zero-order valence-corrected chi connectivity index (χ0v) is 16.1. The molecule has 0 spiro atoms. The lowest BCUT2D eigenvalue weighted by Gasteiger charge is -2.04. The van der Waals surface area contributed by atoms with Gasteiger partial charge in [0.1, 0.15) is 5.01 Å². The zero-order chi connectivity index (χ0) is 18.9. The number of rotatable bonds is 8. The first-order valence-corrected chi connectivity index (χ1v) is 10.1. The summed E-state index contributed by atoms with van der Waals surface area (Å²) in [6.45, 7) is 0.259. The highest BCUT2D eigenvalue weighted by Gasteiger charge is 2.10. The third-order valence-electron chi connectivity index (χ3n) is 3.49. The van der Waals surface area contributed by atoms with Crippen molar-refractivity contribution in [1.29, 1.82) is 0 Å². The van der Waals surface area contributed by atoms with Crippen LogP contribution in [0.15, 0.2) is 65.6 Å². The van der Waals surface area contributed by atoms with E-state index in [1.54, 1.807) is 36.0 Å². The molecule has 27 heavy (non-hydrogen) atoms. The summed E-state index contributed by atoms with van der Waals surface area (Å²) in [6, 6.07) is 18.9. The summed E-state index contributed by atoms with van der Waals surface area (Å²) in [5, 5.41) is 14.8. The number of thioether (sulfide) groups is 1. The van der Waals surface area contributed by atoms with Crippen LogP contribution in [0, 0.1) is 0 Å². The van der Waals surface area contributed by atoms with Gasteiger partial charge in [-0.05, 0) is 24.3 Å². The van der Waals surface area contributed by atoms with Crippen molar-refractivity contribution in [2.75, 3.05) is 11.9 Å². The Morgan fingerprint density at radius 2 is 1.67 bits per heavy atom. The van der Waals surface area contributed by atoms with Gasteiger partial charge in [0.2, 0.25) is 11.0 Å². The third kappa shape index (κ3) is 6.19. The molecule has 0 fully saturated rings. The number of carbonyl (C=O) groups is 2. The van der Waals surface area contributed by atoms with Gasteiger partial charge in [-0.25, -0.2) is 0 Å². The van der Waals surface area contributed by atoms with Crippen LogP contribution in [0.3, 0.4) is 0 Å².